The summed E-state index contributed by atoms with van der Waals surface area (Å²) in [5.74, 6) is 2.41. The van der Waals surface area contributed by atoms with Crippen molar-refractivity contribution in [2.24, 2.45) is 5.73 Å². The average molecular weight is 289 g/mol. The van der Waals surface area contributed by atoms with Crippen LogP contribution in [0.5, 0.6) is 5.75 Å². The van der Waals surface area contributed by atoms with E-state index in [1.54, 1.807) is 18.9 Å². The van der Waals surface area contributed by atoms with Crippen molar-refractivity contribution in [1.29, 1.82) is 0 Å². The summed E-state index contributed by atoms with van der Waals surface area (Å²) in [5, 5.41) is 0. The molecule has 0 fully saturated rings. The minimum absolute atomic E-state index is 0.220. The van der Waals surface area contributed by atoms with E-state index in [0.29, 0.717) is 12.3 Å². The first-order chi connectivity index (χ1) is 8.46. The predicted molar refractivity (Wildman–Crippen MR) is 76.8 cm³/mol. The van der Waals surface area contributed by atoms with Gasteiger partial charge in [-0.3, -0.25) is 0 Å². The van der Waals surface area contributed by atoms with Gasteiger partial charge >= 0.3 is 0 Å². The molecule has 2 N–H and O–H groups in total. The highest BCUT2D eigenvalue weighted by atomic mass is 32.2. The van der Waals surface area contributed by atoms with Gasteiger partial charge in [0.25, 0.3) is 0 Å². The van der Waals surface area contributed by atoms with Gasteiger partial charge in [0, 0.05) is 29.9 Å². The molecule has 102 valence electrons. The van der Waals surface area contributed by atoms with Crippen LogP contribution in [0.3, 0.4) is 0 Å². The fraction of sp³-hybridized carbons (Fsp3) is 0.500. The molecule has 6 heteroatoms. The van der Waals surface area contributed by atoms with Gasteiger partial charge < -0.3 is 10.5 Å². The van der Waals surface area contributed by atoms with E-state index in [9.17, 15) is 8.42 Å². The first-order valence-electron chi connectivity index (χ1n) is 5.57. The third kappa shape index (κ3) is 5.29. The lowest BCUT2D eigenvalue weighted by atomic mass is 10.1. The van der Waals surface area contributed by atoms with Crippen molar-refractivity contribution in [1.82, 2.24) is 0 Å². The molecule has 1 rings (SSSR count). The molecule has 0 amide bonds. The third-order valence-corrected chi connectivity index (χ3v) is 4.67. The Labute approximate surface area is 113 Å². The highest BCUT2D eigenvalue weighted by Gasteiger charge is 2.05. The zero-order valence-electron chi connectivity index (χ0n) is 10.7. The lowest BCUT2D eigenvalue weighted by molar-refractivity contribution is 0.409. The topological polar surface area (TPSA) is 69.4 Å². The molecule has 0 aliphatic rings. The summed E-state index contributed by atoms with van der Waals surface area (Å²) in [4.78, 5) is 0. The summed E-state index contributed by atoms with van der Waals surface area (Å²) in [5.41, 5.74) is 7.75. The number of hydrogen-bond acceptors (Lipinski definition) is 5. The van der Waals surface area contributed by atoms with Gasteiger partial charge in [-0.1, -0.05) is 6.07 Å². The summed E-state index contributed by atoms with van der Waals surface area (Å²) in [6, 6.07) is 5.88. The maximum Gasteiger partial charge on any atom is 0.148 e. The van der Waals surface area contributed by atoms with Gasteiger partial charge in [-0.2, -0.15) is 11.8 Å². The Bertz CT molecular complexity index is 486. The van der Waals surface area contributed by atoms with Gasteiger partial charge in [-0.05, 0) is 17.7 Å². The largest absolute Gasteiger partial charge is 0.496 e. The van der Waals surface area contributed by atoms with Gasteiger partial charge in [0.15, 0.2) is 0 Å². The van der Waals surface area contributed by atoms with E-state index in [4.69, 9.17) is 10.5 Å². The van der Waals surface area contributed by atoms with E-state index >= 15 is 0 Å². The van der Waals surface area contributed by atoms with Crippen LogP contribution in [0.1, 0.15) is 11.1 Å². The number of thioether (sulfide) groups is 1. The molecule has 0 unspecified atom stereocenters. The summed E-state index contributed by atoms with van der Waals surface area (Å²) >= 11 is 1.61. The number of rotatable bonds is 7. The molecule has 0 radical (unpaired) electrons. The van der Waals surface area contributed by atoms with Gasteiger partial charge in [0.2, 0.25) is 0 Å². The summed E-state index contributed by atoms with van der Waals surface area (Å²) in [7, 11) is -1.24. The van der Waals surface area contributed by atoms with Crippen LogP contribution in [-0.4, -0.2) is 33.3 Å². The molecule has 0 spiro atoms. The smallest absolute Gasteiger partial charge is 0.148 e. The summed E-state index contributed by atoms with van der Waals surface area (Å²) in [6.07, 6.45) is 1.26. The number of benzene rings is 1. The van der Waals surface area contributed by atoms with E-state index in [1.165, 1.54) is 6.26 Å². The van der Waals surface area contributed by atoms with Crippen LogP contribution in [0.25, 0.3) is 0 Å². The summed E-state index contributed by atoms with van der Waals surface area (Å²) < 4.78 is 27.2. The van der Waals surface area contributed by atoms with E-state index in [2.05, 4.69) is 0 Å². The molecule has 4 nitrogen and oxygen atoms in total. The van der Waals surface area contributed by atoms with Gasteiger partial charge in [0.1, 0.15) is 15.6 Å². The summed E-state index contributed by atoms with van der Waals surface area (Å²) in [6.45, 7) is 0.436. The second-order valence-electron chi connectivity index (χ2n) is 4.03. The standard InChI is InChI=1S/C12H19NO3S2/c1-16-12-4-3-10(7-11(12)8-13)9-17-5-6-18(2,14)15/h3-4,7H,5-6,8-9,13H2,1-2H3. The lowest BCUT2D eigenvalue weighted by Gasteiger charge is -2.09. The molecule has 1 aromatic carbocycles. The highest BCUT2D eigenvalue weighted by molar-refractivity contribution is 7.99. The zero-order valence-corrected chi connectivity index (χ0v) is 12.3. The molecular weight excluding hydrogens is 270 g/mol. The predicted octanol–water partition coefficient (Wildman–Crippen LogP) is 1.43. The molecule has 0 aliphatic carbocycles. The van der Waals surface area contributed by atoms with Crippen LogP contribution in [0.4, 0.5) is 0 Å². The Balaban J connectivity index is 2.53. The van der Waals surface area contributed by atoms with Crippen LogP contribution in [0, 0.1) is 0 Å². The third-order valence-electron chi connectivity index (χ3n) is 2.43. The molecular formula is C12H19NO3S2. The van der Waals surface area contributed by atoms with Crippen molar-refractivity contribution in [3.05, 3.63) is 29.3 Å². The maximum absolute atomic E-state index is 11.0. The molecule has 0 heterocycles. The fourth-order valence-electron chi connectivity index (χ4n) is 1.48. The van der Waals surface area contributed by atoms with Crippen molar-refractivity contribution >= 4 is 21.6 Å². The average Bonchev–Trinajstić information content (AvgIpc) is 2.33. The minimum Gasteiger partial charge on any atom is -0.496 e. The molecule has 0 saturated heterocycles. The van der Waals surface area contributed by atoms with Crippen LogP contribution < -0.4 is 10.5 Å². The molecule has 1 aromatic rings. The monoisotopic (exact) mass is 289 g/mol. The molecule has 0 atom stereocenters. The normalized spacial score (nSPS) is 11.5. The van der Waals surface area contributed by atoms with E-state index in [-0.39, 0.29) is 5.75 Å². The van der Waals surface area contributed by atoms with E-state index < -0.39 is 9.84 Å². The quantitative estimate of drug-likeness (QED) is 0.769. The minimum atomic E-state index is -2.86. The Hall–Kier alpha value is -0.720. The van der Waals surface area contributed by atoms with Crippen LogP contribution >= 0.6 is 11.8 Å². The molecule has 0 aromatic heterocycles. The first kappa shape index (κ1) is 15.3. The zero-order chi connectivity index (χ0) is 13.6. The van der Waals surface area contributed by atoms with Crippen LogP contribution in [0.2, 0.25) is 0 Å². The molecule has 0 bridgehead atoms. The first-order valence-corrected chi connectivity index (χ1v) is 8.79. The number of sulfone groups is 1. The lowest BCUT2D eigenvalue weighted by Crippen LogP contribution is -2.05. The SMILES string of the molecule is COc1ccc(CSCCS(C)(=O)=O)cc1CN. The number of methoxy groups -OCH3 is 1. The second-order valence-corrected chi connectivity index (χ2v) is 7.40. The Morgan fingerprint density at radius 3 is 2.67 bits per heavy atom. The number of nitrogens with two attached hydrogens (primary N) is 1. The van der Waals surface area contributed by atoms with Crippen LogP contribution in [0.15, 0.2) is 18.2 Å². The van der Waals surface area contributed by atoms with Crippen LogP contribution in [-0.2, 0) is 22.1 Å². The molecule has 0 saturated carbocycles. The van der Waals surface area contributed by atoms with Gasteiger partial charge in [0.05, 0.1) is 12.9 Å². The number of hydrogen-bond donors (Lipinski definition) is 1. The van der Waals surface area contributed by atoms with Crippen molar-refractivity contribution in [2.75, 3.05) is 24.9 Å². The fourth-order valence-corrected chi connectivity index (χ4v) is 3.72. The Morgan fingerprint density at radius 1 is 1.39 bits per heavy atom. The maximum atomic E-state index is 11.0. The van der Waals surface area contributed by atoms with E-state index in [0.717, 1.165) is 22.6 Å². The molecule has 0 aliphatic heterocycles. The van der Waals surface area contributed by atoms with Crippen molar-refractivity contribution in [3.63, 3.8) is 0 Å². The molecule has 18 heavy (non-hydrogen) atoms. The van der Waals surface area contributed by atoms with Crippen molar-refractivity contribution in [3.8, 4) is 5.75 Å². The van der Waals surface area contributed by atoms with Crippen molar-refractivity contribution < 1.29 is 13.2 Å². The van der Waals surface area contributed by atoms with Crippen molar-refractivity contribution in [2.45, 2.75) is 12.3 Å². The Kier molecular flexibility index (Phi) is 5.98. The Morgan fingerprint density at radius 2 is 2.11 bits per heavy atom. The van der Waals surface area contributed by atoms with Gasteiger partial charge in [-0.25, -0.2) is 8.42 Å². The number of ether oxygens (including phenoxy) is 1. The second kappa shape index (κ2) is 7.01. The highest BCUT2D eigenvalue weighted by Crippen LogP contribution is 2.22. The van der Waals surface area contributed by atoms with E-state index in [1.807, 2.05) is 18.2 Å². The van der Waals surface area contributed by atoms with Gasteiger partial charge in [-0.15, -0.1) is 0 Å².